The third-order valence-corrected chi connectivity index (χ3v) is 4.23. The monoisotopic (exact) mass is 299 g/mol. The number of rotatable bonds is 5. The van der Waals surface area contributed by atoms with E-state index in [-0.39, 0.29) is 18.6 Å². The van der Waals surface area contributed by atoms with Crippen molar-refractivity contribution in [3.8, 4) is 0 Å². The molecule has 0 aliphatic carbocycles. The molecule has 1 amide bonds. The summed E-state index contributed by atoms with van der Waals surface area (Å²) in [6.07, 6.45) is 3.47. The lowest BCUT2D eigenvalue weighted by Gasteiger charge is -2.35. The molecule has 6 nitrogen and oxygen atoms in total. The number of carboxylic acid groups (broad SMARTS) is 1. The molecule has 2 aliphatic heterocycles. The van der Waals surface area contributed by atoms with Crippen LogP contribution in [0.4, 0.5) is 0 Å². The maximum atomic E-state index is 12.2. The fourth-order valence-corrected chi connectivity index (χ4v) is 3.03. The van der Waals surface area contributed by atoms with Gasteiger partial charge in [-0.2, -0.15) is 0 Å². The van der Waals surface area contributed by atoms with Crippen LogP contribution in [-0.4, -0.2) is 60.4 Å². The number of hydrogen-bond acceptors (Lipinski definition) is 4. The molecule has 0 bridgehead atoms. The van der Waals surface area contributed by atoms with Crippen LogP contribution in [0.5, 0.6) is 0 Å². The van der Waals surface area contributed by atoms with Gasteiger partial charge in [0.05, 0.1) is 12.6 Å². The summed E-state index contributed by atoms with van der Waals surface area (Å²) in [6.45, 7) is 4.12. The first-order valence-electron chi connectivity index (χ1n) is 7.80. The van der Waals surface area contributed by atoms with Gasteiger partial charge in [0.25, 0.3) is 0 Å². The number of carbonyl (C=O) groups is 2. The smallest absolute Gasteiger partial charge is 0.334 e. The Kier molecular flexibility index (Phi) is 5.99. The minimum absolute atomic E-state index is 0.0449. The molecule has 21 heavy (non-hydrogen) atoms. The zero-order chi connectivity index (χ0) is 15.2. The van der Waals surface area contributed by atoms with E-state index in [1.165, 1.54) is 0 Å². The number of carboxylic acids is 1. The second-order valence-corrected chi connectivity index (χ2v) is 6.02. The van der Waals surface area contributed by atoms with E-state index in [1.54, 1.807) is 11.8 Å². The summed E-state index contributed by atoms with van der Waals surface area (Å²) in [7, 11) is 0. The van der Waals surface area contributed by atoms with Gasteiger partial charge in [-0.1, -0.05) is 0 Å². The van der Waals surface area contributed by atoms with Crippen molar-refractivity contribution in [3.05, 3.63) is 0 Å². The number of ether oxygens (including phenoxy) is 2. The van der Waals surface area contributed by atoms with E-state index in [0.29, 0.717) is 18.9 Å². The highest BCUT2D eigenvalue weighted by Gasteiger charge is 2.32. The van der Waals surface area contributed by atoms with Gasteiger partial charge in [0.15, 0.2) is 6.10 Å². The lowest BCUT2D eigenvalue weighted by molar-refractivity contribution is -0.166. The summed E-state index contributed by atoms with van der Waals surface area (Å²) in [5.41, 5.74) is 0. The van der Waals surface area contributed by atoms with Crippen LogP contribution < -0.4 is 0 Å². The lowest BCUT2D eigenvalue weighted by atomic mass is 9.94. The average Bonchev–Trinajstić information content (AvgIpc) is 2.47. The highest BCUT2D eigenvalue weighted by Crippen LogP contribution is 2.21. The van der Waals surface area contributed by atoms with Gasteiger partial charge >= 0.3 is 5.97 Å². The molecule has 1 unspecified atom stereocenters. The van der Waals surface area contributed by atoms with Crippen LogP contribution in [0.3, 0.4) is 0 Å². The quantitative estimate of drug-likeness (QED) is 0.827. The van der Waals surface area contributed by atoms with Gasteiger partial charge in [0, 0.05) is 26.2 Å². The van der Waals surface area contributed by atoms with E-state index < -0.39 is 12.1 Å². The molecule has 2 fully saturated rings. The second kappa shape index (κ2) is 7.75. The number of nitrogens with zero attached hydrogens (tertiary/aromatic N) is 1. The zero-order valence-corrected chi connectivity index (χ0v) is 12.6. The Morgan fingerprint density at radius 3 is 2.62 bits per heavy atom. The number of hydrogen-bond donors (Lipinski definition) is 1. The third-order valence-electron chi connectivity index (χ3n) is 4.23. The molecular weight excluding hydrogens is 274 g/mol. The molecule has 0 aromatic carbocycles. The maximum Gasteiger partial charge on any atom is 0.334 e. The predicted molar refractivity (Wildman–Crippen MR) is 75.9 cm³/mol. The normalized spacial score (nSPS) is 27.6. The van der Waals surface area contributed by atoms with Gasteiger partial charge < -0.3 is 19.5 Å². The van der Waals surface area contributed by atoms with E-state index in [4.69, 9.17) is 14.6 Å². The first kappa shape index (κ1) is 16.2. The van der Waals surface area contributed by atoms with E-state index in [1.807, 2.05) is 0 Å². The number of carbonyl (C=O) groups excluding carboxylic acids is 1. The highest BCUT2D eigenvalue weighted by molar-refractivity contribution is 5.78. The molecule has 0 spiro atoms. The minimum atomic E-state index is -0.999. The first-order chi connectivity index (χ1) is 10.1. The molecular formula is C15H25NO5. The van der Waals surface area contributed by atoms with Crippen LogP contribution in [0, 0.1) is 5.92 Å². The number of aliphatic carboxylic acids is 1. The van der Waals surface area contributed by atoms with Gasteiger partial charge in [-0.25, -0.2) is 4.79 Å². The van der Waals surface area contributed by atoms with Gasteiger partial charge in [-0.15, -0.1) is 0 Å². The molecule has 1 N–H and O–H groups in total. The van der Waals surface area contributed by atoms with Crippen molar-refractivity contribution in [2.45, 2.75) is 51.2 Å². The second-order valence-electron chi connectivity index (χ2n) is 6.02. The maximum absolute atomic E-state index is 12.2. The molecule has 2 heterocycles. The van der Waals surface area contributed by atoms with E-state index in [0.717, 1.165) is 38.9 Å². The molecule has 0 aromatic heterocycles. The highest BCUT2D eigenvalue weighted by atomic mass is 16.5. The summed E-state index contributed by atoms with van der Waals surface area (Å²) in [5.74, 6) is -0.285. The van der Waals surface area contributed by atoms with E-state index in [2.05, 4.69) is 0 Å². The third kappa shape index (κ3) is 4.97. The Hall–Kier alpha value is -1.14. The van der Waals surface area contributed by atoms with Gasteiger partial charge in [0.2, 0.25) is 5.91 Å². The topological polar surface area (TPSA) is 76.1 Å². The SMILES string of the molecule is C[C@@H]1CN(C(=O)CCCC2CCOCC2)CC(C(=O)O)O1. The summed E-state index contributed by atoms with van der Waals surface area (Å²) >= 11 is 0. The Morgan fingerprint density at radius 2 is 1.95 bits per heavy atom. The molecule has 120 valence electrons. The fourth-order valence-electron chi connectivity index (χ4n) is 3.03. The van der Waals surface area contributed by atoms with Crippen LogP contribution >= 0.6 is 0 Å². The van der Waals surface area contributed by atoms with Gasteiger partial charge in [-0.3, -0.25) is 4.79 Å². The van der Waals surface area contributed by atoms with Crippen molar-refractivity contribution < 1.29 is 24.2 Å². The van der Waals surface area contributed by atoms with Crippen molar-refractivity contribution >= 4 is 11.9 Å². The van der Waals surface area contributed by atoms with Crippen molar-refractivity contribution in [3.63, 3.8) is 0 Å². The summed E-state index contributed by atoms with van der Waals surface area (Å²) in [6, 6.07) is 0. The predicted octanol–water partition coefficient (Wildman–Crippen LogP) is 1.28. The van der Waals surface area contributed by atoms with Crippen molar-refractivity contribution in [1.82, 2.24) is 4.90 Å². The summed E-state index contributed by atoms with van der Waals surface area (Å²) < 4.78 is 10.6. The zero-order valence-electron chi connectivity index (χ0n) is 12.6. The molecule has 2 atom stereocenters. The molecule has 2 rings (SSSR count). The number of amides is 1. The van der Waals surface area contributed by atoms with Crippen molar-refractivity contribution in [2.24, 2.45) is 5.92 Å². The molecule has 2 saturated heterocycles. The first-order valence-corrected chi connectivity index (χ1v) is 7.80. The van der Waals surface area contributed by atoms with E-state index >= 15 is 0 Å². The van der Waals surface area contributed by atoms with Crippen LogP contribution in [0.2, 0.25) is 0 Å². The molecule has 2 aliphatic rings. The van der Waals surface area contributed by atoms with Gasteiger partial charge in [-0.05, 0) is 38.5 Å². The minimum Gasteiger partial charge on any atom is -0.479 e. The lowest BCUT2D eigenvalue weighted by Crippen LogP contribution is -2.51. The van der Waals surface area contributed by atoms with Crippen LogP contribution in [0.15, 0.2) is 0 Å². The molecule has 0 aromatic rings. The fraction of sp³-hybridized carbons (Fsp3) is 0.867. The Labute approximate surface area is 125 Å². The Bertz CT molecular complexity index is 367. The summed E-state index contributed by atoms with van der Waals surface area (Å²) in [4.78, 5) is 24.9. The Balaban J connectivity index is 1.72. The van der Waals surface area contributed by atoms with E-state index in [9.17, 15) is 9.59 Å². The average molecular weight is 299 g/mol. The Morgan fingerprint density at radius 1 is 1.24 bits per heavy atom. The molecule has 6 heteroatoms. The van der Waals surface area contributed by atoms with Crippen molar-refractivity contribution in [1.29, 1.82) is 0 Å². The largest absolute Gasteiger partial charge is 0.479 e. The van der Waals surface area contributed by atoms with Crippen molar-refractivity contribution in [2.75, 3.05) is 26.3 Å². The molecule has 0 radical (unpaired) electrons. The van der Waals surface area contributed by atoms with Crippen LogP contribution in [-0.2, 0) is 19.1 Å². The van der Waals surface area contributed by atoms with Crippen LogP contribution in [0.1, 0.15) is 39.0 Å². The summed E-state index contributed by atoms with van der Waals surface area (Å²) in [5, 5.41) is 9.03. The number of morpholine rings is 1. The standard InChI is InChI=1S/C15H25NO5/c1-11-9-16(10-13(21-11)15(18)19)14(17)4-2-3-12-5-7-20-8-6-12/h11-13H,2-10H2,1H3,(H,18,19)/t11-,13?/m1/s1. The molecule has 0 saturated carbocycles. The van der Waals surface area contributed by atoms with Gasteiger partial charge in [0.1, 0.15) is 0 Å². The van der Waals surface area contributed by atoms with Crippen LogP contribution in [0.25, 0.3) is 0 Å².